The first-order chi connectivity index (χ1) is 9.56. The normalized spacial score (nSPS) is 14.9. The van der Waals surface area contributed by atoms with Crippen LogP contribution in [-0.4, -0.2) is 12.2 Å². The lowest BCUT2D eigenvalue weighted by molar-refractivity contribution is 0.130. The SMILES string of the molecule is COc1c(C)cc(Br)c(C)c1C(O)CC(C)CC(C)(C)C. The molecule has 0 saturated heterocycles. The Morgan fingerprint density at radius 3 is 2.33 bits per heavy atom. The first-order valence-corrected chi connectivity index (χ1v) is 8.37. The molecule has 0 aliphatic rings. The van der Waals surface area contributed by atoms with Gasteiger partial charge in [0.2, 0.25) is 0 Å². The van der Waals surface area contributed by atoms with E-state index in [2.05, 4.69) is 43.6 Å². The number of benzene rings is 1. The molecule has 2 nitrogen and oxygen atoms in total. The number of hydrogen-bond donors (Lipinski definition) is 1. The molecule has 0 radical (unpaired) electrons. The molecule has 1 aromatic carbocycles. The number of halogens is 1. The van der Waals surface area contributed by atoms with Gasteiger partial charge in [0.05, 0.1) is 13.2 Å². The number of aliphatic hydroxyl groups excluding tert-OH is 1. The smallest absolute Gasteiger partial charge is 0.127 e. The minimum absolute atomic E-state index is 0.283. The van der Waals surface area contributed by atoms with Gasteiger partial charge in [-0.2, -0.15) is 0 Å². The molecule has 0 fully saturated rings. The van der Waals surface area contributed by atoms with E-state index < -0.39 is 6.10 Å². The van der Waals surface area contributed by atoms with E-state index in [1.165, 1.54) is 0 Å². The van der Waals surface area contributed by atoms with Crippen LogP contribution in [0.3, 0.4) is 0 Å². The maximum atomic E-state index is 10.7. The number of rotatable bonds is 5. The number of hydrogen-bond acceptors (Lipinski definition) is 2. The van der Waals surface area contributed by atoms with Crippen molar-refractivity contribution in [3.05, 3.63) is 27.2 Å². The Hall–Kier alpha value is -0.540. The van der Waals surface area contributed by atoms with Gasteiger partial charge in [-0.3, -0.25) is 0 Å². The zero-order valence-electron chi connectivity index (χ0n) is 14.4. The van der Waals surface area contributed by atoms with E-state index in [-0.39, 0.29) is 5.41 Å². The molecule has 0 bridgehead atoms. The third kappa shape index (κ3) is 5.00. The molecule has 21 heavy (non-hydrogen) atoms. The second-order valence-electron chi connectivity index (χ2n) is 7.37. The molecule has 0 saturated carbocycles. The summed E-state index contributed by atoms with van der Waals surface area (Å²) in [5.74, 6) is 1.27. The lowest BCUT2D eigenvalue weighted by Gasteiger charge is -2.26. The van der Waals surface area contributed by atoms with Crippen LogP contribution >= 0.6 is 15.9 Å². The molecule has 0 aliphatic heterocycles. The van der Waals surface area contributed by atoms with Crippen molar-refractivity contribution in [2.75, 3.05) is 7.11 Å². The molecule has 0 spiro atoms. The Balaban J connectivity index is 3.04. The van der Waals surface area contributed by atoms with E-state index in [4.69, 9.17) is 4.74 Å². The predicted molar refractivity (Wildman–Crippen MR) is 93.0 cm³/mol. The van der Waals surface area contributed by atoms with Gasteiger partial charge in [0.1, 0.15) is 5.75 Å². The van der Waals surface area contributed by atoms with Crippen LogP contribution in [0.25, 0.3) is 0 Å². The number of aryl methyl sites for hydroxylation is 1. The minimum atomic E-state index is -0.492. The van der Waals surface area contributed by atoms with Crippen LogP contribution in [0, 0.1) is 25.2 Å². The van der Waals surface area contributed by atoms with Gasteiger partial charge < -0.3 is 9.84 Å². The molecule has 0 heterocycles. The molecular weight excluding hydrogens is 328 g/mol. The van der Waals surface area contributed by atoms with E-state index in [1.807, 2.05) is 19.9 Å². The van der Waals surface area contributed by atoms with Crippen molar-refractivity contribution in [3.63, 3.8) is 0 Å². The maximum Gasteiger partial charge on any atom is 0.127 e. The summed E-state index contributed by atoms with van der Waals surface area (Å²) in [6.45, 7) is 13.0. The van der Waals surface area contributed by atoms with Gasteiger partial charge in [-0.05, 0) is 55.2 Å². The summed E-state index contributed by atoms with van der Waals surface area (Å²) in [6, 6.07) is 2.04. The van der Waals surface area contributed by atoms with Gasteiger partial charge in [-0.15, -0.1) is 0 Å². The van der Waals surface area contributed by atoms with Crippen molar-refractivity contribution >= 4 is 15.9 Å². The van der Waals surface area contributed by atoms with Gasteiger partial charge in [0.15, 0.2) is 0 Å². The molecule has 0 aliphatic carbocycles. The molecule has 1 rings (SSSR count). The van der Waals surface area contributed by atoms with Gasteiger partial charge in [-0.25, -0.2) is 0 Å². The molecule has 2 atom stereocenters. The van der Waals surface area contributed by atoms with Crippen LogP contribution in [0.1, 0.15) is 63.3 Å². The van der Waals surface area contributed by atoms with Crippen LogP contribution in [0.15, 0.2) is 10.5 Å². The summed E-state index contributed by atoms with van der Waals surface area (Å²) in [5, 5.41) is 10.7. The third-order valence-electron chi connectivity index (χ3n) is 3.83. The average Bonchev–Trinajstić information content (AvgIpc) is 2.30. The fraction of sp³-hybridized carbons (Fsp3) is 0.667. The van der Waals surface area contributed by atoms with Crippen molar-refractivity contribution in [1.29, 1.82) is 0 Å². The number of ether oxygens (including phenoxy) is 1. The van der Waals surface area contributed by atoms with E-state index in [1.54, 1.807) is 7.11 Å². The highest BCUT2D eigenvalue weighted by Gasteiger charge is 2.24. The Morgan fingerprint density at radius 1 is 1.29 bits per heavy atom. The highest BCUT2D eigenvalue weighted by Crippen LogP contribution is 2.39. The zero-order valence-corrected chi connectivity index (χ0v) is 16.0. The lowest BCUT2D eigenvalue weighted by atomic mass is 9.82. The number of methoxy groups -OCH3 is 1. The first-order valence-electron chi connectivity index (χ1n) is 7.58. The number of aliphatic hydroxyl groups is 1. The van der Waals surface area contributed by atoms with Crippen molar-refractivity contribution in [3.8, 4) is 5.75 Å². The van der Waals surface area contributed by atoms with Gasteiger partial charge in [-0.1, -0.05) is 43.6 Å². The molecular formula is C18H29BrO2. The Morgan fingerprint density at radius 2 is 1.86 bits per heavy atom. The Kier molecular flexibility index (Phi) is 6.30. The second kappa shape index (κ2) is 7.15. The molecule has 3 heteroatoms. The van der Waals surface area contributed by atoms with E-state index in [9.17, 15) is 5.11 Å². The van der Waals surface area contributed by atoms with Crippen LogP contribution in [0.5, 0.6) is 5.75 Å². The molecule has 1 aromatic rings. The van der Waals surface area contributed by atoms with Crippen LogP contribution in [-0.2, 0) is 0 Å². The highest BCUT2D eigenvalue weighted by atomic mass is 79.9. The monoisotopic (exact) mass is 356 g/mol. The fourth-order valence-corrected chi connectivity index (χ4v) is 3.73. The van der Waals surface area contributed by atoms with Crippen LogP contribution < -0.4 is 4.74 Å². The van der Waals surface area contributed by atoms with E-state index in [0.717, 1.165) is 39.8 Å². The van der Waals surface area contributed by atoms with Gasteiger partial charge >= 0.3 is 0 Å². The summed E-state index contributed by atoms with van der Waals surface area (Å²) in [6.07, 6.45) is 1.36. The summed E-state index contributed by atoms with van der Waals surface area (Å²) < 4.78 is 6.56. The largest absolute Gasteiger partial charge is 0.496 e. The van der Waals surface area contributed by atoms with Crippen molar-refractivity contribution < 1.29 is 9.84 Å². The van der Waals surface area contributed by atoms with Crippen LogP contribution in [0.2, 0.25) is 0 Å². The maximum absolute atomic E-state index is 10.7. The summed E-state index contributed by atoms with van der Waals surface area (Å²) >= 11 is 3.58. The van der Waals surface area contributed by atoms with Crippen molar-refractivity contribution in [2.24, 2.45) is 11.3 Å². The Labute approximate surface area is 138 Å². The summed E-state index contributed by atoms with van der Waals surface area (Å²) in [4.78, 5) is 0. The fourth-order valence-electron chi connectivity index (χ4n) is 3.18. The second-order valence-corrected chi connectivity index (χ2v) is 8.22. The van der Waals surface area contributed by atoms with Gasteiger partial charge in [0, 0.05) is 10.0 Å². The van der Waals surface area contributed by atoms with E-state index >= 15 is 0 Å². The third-order valence-corrected chi connectivity index (χ3v) is 4.66. The first kappa shape index (κ1) is 18.5. The predicted octanol–water partition coefficient (Wildman–Crippen LogP) is 5.57. The van der Waals surface area contributed by atoms with E-state index in [0.29, 0.717) is 5.92 Å². The molecule has 0 amide bonds. The molecule has 1 N–H and O–H groups in total. The standard InChI is InChI=1S/C18H29BrO2/c1-11(10-18(4,5)6)8-15(20)16-13(3)14(19)9-12(2)17(16)21-7/h9,11,15,20H,8,10H2,1-7H3. The summed E-state index contributed by atoms with van der Waals surface area (Å²) in [5.41, 5.74) is 3.32. The molecule has 2 unspecified atom stereocenters. The van der Waals surface area contributed by atoms with Crippen LogP contribution in [0.4, 0.5) is 0 Å². The van der Waals surface area contributed by atoms with Crippen molar-refractivity contribution in [1.82, 2.24) is 0 Å². The van der Waals surface area contributed by atoms with Crippen molar-refractivity contribution in [2.45, 2.75) is 60.5 Å². The lowest BCUT2D eigenvalue weighted by Crippen LogP contribution is -2.15. The Bertz CT molecular complexity index is 489. The minimum Gasteiger partial charge on any atom is -0.496 e. The highest BCUT2D eigenvalue weighted by molar-refractivity contribution is 9.10. The quantitative estimate of drug-likeness (QED) is 0.746. The topological polar surface area (TPSA) is 29.5 Å². The summed E-state index contributed by atoms with van der Waals surface area (Å²) in [7, 11) is 1.67. The molecule has 120 valence electrons. The molecule has 0 aromatic heterocycles. The average molecular weight is 357 g/mol. The van der Waals surface area contributed by atoms with Gasteiger partial charge in [0.25, 0.3) is 0 Å². The zero-order chi connectivity index (χ0) is 16.4.